The zero-order valence-corrected chi connectivity index (χ0v) is 12.4. The Morgan fingerprint density at radius 2 is 2.10 bits per heavy atom. The predicted molar refractivity (Wildman–Crippen MR) is 82.5 cm³/mol. The van der Waals surface area contributed by atoms with Crippen LogP contribution in [0.3, 0.4) is 0 Å². The van der Waals surface area contributed by atoms with Crippen LogP contribution >= 0.6 is 0 Å². The summed E-state index contributed by atoms with van der Waals surface area (Å²) >= 11 is 0. The molecule has 0 amide bonds. The van der Waals surface area contributed by atoms with Gasteiger partial charge in [-0.25, -0.2) is 0 Å². The molecule has 1 fully saturated rings. The number of anilines is 1. The first-order valence-corrected chi connectivity index (χ1v) is 7.32. The average Bonchev–Trinajstić information content (AvgIpc) is 3.00. The molecule has 2 heterocycles. The molecule has 2 aromatic rings. The smallest absolute Gasteiger partial charge is 0.245 e. The van der Waals surface area contributed by atoms with Crippen molar-refractivity contribution in [2.24, 2.45) is 0 Å². The van der Waals surface area contributed by atoms with Crippen molar-refractivity contribution in [3.63, 3.8) is 0 Å². The third kappa shape index (κ3) is 2.85. The average molecular weight is 287 g/mol. The number of piperidine rings is 1. The standard InChI is InChI=1S/C15H21N5O/c1-10-9-11(3-4-13(10)21)14-17-15(19-18-14)20-7-5-12(16-2)6-8-20/h3-4,9,12,16,21H,5-8H2,1-2H3,(H,17,18,19). The second-order valence-corrected chi connectivity index (χ2v) is 5.54. The van der Waals surface area contributed by atoms with E-state index < -0.39 is 0 Å². The van der Waals surface area contributed by atoms with Gasteiger partial charge in [-0.3, -0.25) is 5.10 Å². The number of phenolic OH excluding ortho intramolecular Hbond substituents is 1. The molecule has 0 unspecified atom stereocenters. The predicted octanol–water partition coefficient (Wildman–Crippen LogP) is 1.67. The molecule has 0 bridgehead atoms. The van der Waals surface area contributed by atoms with Gasteiger partial charge in [0.25, 0.3) is 0 Å². The summed E-state index contributed by atoms with van der Waals surface area (Å²) in [6.45, 7) is 3.81. The molecule has 3 N–H and O–H groups in total. The lowest BCUT2D eigenvalue weighted by Gasteiger charge is -2.30. The first kappa shape index (κ1) is 13.9. The van der Waals surface area contributed by atoms with Gasteiger partial charge < -0.3 is 15.3 Å². The highest BCUT2D eigenvalue weighted by Crippen LogP contribution is 2.24. The van der Waals surface area contributed by atoms with E-state index in [-0.39, 0.29) is 0 Å². The summed E-state index contributed by atoms with van der Waals surface area (Å²) in [6.07, 6.45) is 2.22. The van der Waals surface area contributed by atoms with Crippen LogP contribution in [-0.4, -0.2) is 46.5 Å². The van der Waals surface area contributed by atoms with Gasteiger partial charge >= 0.3 is 0 Å². The number of rotatable bonds is 3. The molecule has 1 aliphatic heterocycles. The normalized spacial score (nSPS) is 16.4. The highest BCUT2D eigenvalue weighted by molar-refractivity contribution is 5.59. The molecule has 0 radical (unpaired) electrons. The van der Waals surface area contributed by atoms with Gasteiger partial charge in [-0.1, -0.05) is 0 Å². The van der Waals surface area contributed by atoms with Crippen molar-refractivity contribution in [1.82, 2.24) is 20.5 Å². The summed E-state index contributed by atoms with van der Waals surface area (Å²) in [5, 5.41) is 20.2. The Hall–Kier alpha value is -2.08. The lowest BCUT2D eigenvalue weighted by Crippen LogP contribution is -2.41. The van der Waals surface area contributed by atoms with Gasteiger partial charge in [0.05, 0.1) is 0 Å². The van der Waals surface area contributed by atoms with E-state index in [0.29, 0.717) is 11.8 Å². The minimum Gasteiger partial charge on any atom is -0.508 e. The van der Waals surface area contributed by atoms with Gasteiger partial charge in [0.1, 0.15) is 5.75 Å². The summed E-state index contributed by atoms with van der Waals surface area (Å²) in [5.41, 5.74) is 1.77. The molecular formula is C15H21N5O. The van der Waals surface area contributed by atoms with Crippen molar-refractivity contribution in [3.05, 3.63) is 23.8 Å². The Morgan fingerprint density at radius 3 is 2.76 bits per heavy atom. The Bertz CT molecular complexity index is 616. The van der Waals surface area contributed by atoms with Crippen LogP contribution in [0.1, 0.15) is 18.4 Å². The summed E-state index contributed by atoms with van der Waals surface area (Å²) in [4.78, 5) is 6.79. The second-order valence-electron chi connectivity index (χ2n) is 5.54. The first-order valence-electron chi connectivity index (χ1n) is 7.32. The van der Waals surface area contributed by atoms with E-state index in [0.717, 1.165) is 48.8 Å². The molecule has 0 atom stereocenters. The molecule has 1 saturated heterocycles. The van der Waals surface area contributed by atoms with Crippen molar-refractivity contribution >= 4 is 5.95 Å². The van der Waals surface area contributed by atoms with Crippen LogP contribution in [0.2, 0.25) is 0 Å². The molecule has 1 aromatic heterocycles. The Kier molecular flexibility index (Phi) is 3.79. The molecule has 112 valence electrons. The van der Waals surface area contributed by atoms with Crippen LogP contribution in [0, 0.1) is 6.92 Å². The quantitative estimate of drug-likeness (QED) is 0.800. The zero-order valence-electron chi connectivity index (χ0n) is 12.4. The van der Waals surface area contributed by atoms with Crippen LogP contribution < -0.4 is 10.2 Å². The maximum atomic E-state index is 9.59. The van der Waals surface area contributed by atoms with Crippen molar-refractivity contribution in [2.45, 2.75) is 25.8 Å². The van der Waals surface area contributed by atoms with E-state index in [1.165, 1.54) is 0 Å². The molecule has 1 aliphatic rings. The maximum absolute atomic E-state index is 9.59. The SMILES string of the molecule is CNC1CCN(c2n[nH]c(-c3ccc(O)c(C)c3)n2)CC1. The molecule has 0 spiro atoms. The summed E-state index contributed by atoms with van der Waals surface area (Å²) < 4.78 is 0. The molecule has 0 saturated carbocycles. The highest BCUT2D eigenvalue weighted by atomic mass is 16.3. The van der Waals surface area contributed by atoms with Crippen molar-refractivity contribution in [3.8, 4) is 17.1 Å². The van der Waals surface area contributed by atoms with Crippen molar-refractivity contribution in [2.75, 3.05) is 25.0 Å². The van der Waals surface area contributed by atoms with E-state index in [1.807, 2.05) is 26.1 Å². The van der Waals surface area contributed by atoms with Crippen LogP contribution in [0.5, 0.6) is 5.75 Å². The Morgan fingerprint density at radius 1 is 1.33 bits per heavy atom. The van der Waals surface area contributed by atoms with Crippen LogP contribution in [-0.2, 0) is 0 Å². The minimum atomic E-state index is 0.299. The van der Waals surface area contributed by atoms with E-state index in [4.69, 9.17) is 0 Å². The number of aryl methyl sites for hydroxylation is 1. The molecule has 3 rings (SSSR count). The largest absolute Gasteiger partial charge is 0.508 e. The molecule has 0 aliphatic carbocycles. The fraction of sp³-hybridized carbons (Fsp3) is 0.467. The van der Waals surface area contributed by atoms with Crippen molar-refractivity contribution in [1.29, 1.82) is 0 Å². The minimum absolute atomic E-state index is 0.299. The number of nitrogens with one attached hydrogen (secondary N) is 2. The van der Waals surface area contributed by atoms with Gasteiger partial charge in [-0.2, -0.15) is 4.98 Å². The van der Waals surface area contributed by atoms with Crippen LogP contribution in [0.15, 0.2) is 18.2 Å². The molecule has 21 heavy (non-hydrogen) atoms. The summed E-state index contributed by atoms with van der Waals surface area (Å²) in [6, 6.07) is 6.04. The number of nitrogens with zero attached hydrogens (tertiary/aromatic N) is 3. The van der Waals surface area contributed by atoms with Gasteiger partial charge in [0.2, 0.25) is 5.95 Å². The van der Waals surface area contributed by atoms with Gasteiger partial charge in [-0.05, 0) is 50.6 Å². The van der Waals surface area contributed by atoms with E-state index >= 15 is 0 Å². The number of hydrogen-bond acceptors (Lipinski definition) is 5. The summed E-state index contributed by atoms with van der Waals surface area (Å²) in [7, 11) is 2.01. The lowest BCUT2D eigenvalue weighted by atomic mass is 10.1. The fourth-order valence-corrected chi connectivity index (χ4v) is 2.69. The Balaban J connectivity index is 1.76. The molecular weight excluding hydrogens is 266 g/mol. The third-order valence-corrected chi connectivity index (χ3v) is 4.13. The number of aromatic hydroxyl groups is 1. The van der Waals surface area contributed by atoms with E-state index in [1.54, 1.807) is 6.07 Å². The number of hydrogen-bond donors (Lipinski definition) is 3. The maximum Gasteiger partial charge on any atom is 0.245 e. The van der Waals surface area contributed by atoms with Gasteiger partial charge in [-0.15, -0.1) is 5.10 Å². The molecule has 6 nitrogen and oxygen atoms in total. The molecule has 1 aromatic carbocycles. The number of aromatic amines is 1. The lowest BCUT2D eigenvalue weighted by molar-refractivity contribution is 0.439. The fourth-order valence-electron chi connectivity index (χ4n) is 2.69. The number of aromatic nitrogens is 3. The first-order chi connectivity index (χ1) is 10.2. The highest BCUT2D eigenvalue weighted by Gasteiger charge is 2.21. The van der Waals surface area contributed by atoms with E-state index in [9.17, 15) is 5.11 Å². The third-order valence-electron chi connectivity index (χ3n) is 4.13. The van der Waals surface area contributed by atoms with Crippen LogP contribution in [0.4, 0.5) is 5.95 Å². The summed E-state index contributed by atoms with van der Waals surface area (Å²) in [5.74, 6) is 1.79. The Labute approximate surface area is 124 Å². The van der Waals surface area contributed by atoms with E-state index in [2.05, 4.69) is 25.4 Å². The van der Waals surface area contributed by atoms with Gasteiger partial charge in [0.15, 0.2) is 5.82 Å². The topological polar surface area (TPSA) is 77.1 Å². The number of phenols is 1. The second kappa shape index (κ2) is 5.73. The monoisotopic (exact) mass is 287 g/mol. The molecule has 6 heteroatoms. The number of benzene rings is 1. The zero-order chi connectivity index (χ0) is 14.8. The van der Waals surface area contributed by atoms with Crippen molar-refractivity contribution < 1.29 is 5.11 Å². The van der Waals surface area contributed by atoms with Gasteiger partial charge in [0, 0.05) is 24.7 Å². The van der Waals surface area contributed by atoms with Crippen LogP contribution in [0.25, 0.3) is 11.4 Å². The number of H-pyrrole nitrogens is 1.